The summed E-state index contributed by atoms with van der Waals surface area (Å²) in [6.45, 7) is 0.785. The molecule has 0 radical (unpaired) electrons. The number of nitrogen functional groups attached to an aromatic ring is 1. The van der Waals surface area contributed by atoms with Gasteiger partial charge in [-0.15, -0.1) is 0 Å². The Kier molecular flexibility index (Phi) is 1.33. The largest absolute Gasteiger partial charge is 0.476 e. The highest BCUT2D eigenvalue weighted by molar-refractivity contribution is 5.92. The third-order valence-electron chi connectivity index (χ3n) is 2.08. The molecule has 0 fully saturated rings. The second-order valence-electron chi connectivity index (χ2n) is 2.84. The van der Waals surface area contributed by atoms with Gasteiger partial charge in [-0.1, -0.05) is 0 Å². The first-order valence-electron chi connectivity index (χ1n) is 3.78. The van der Waals surface area contributed by atoms with Crippen molar-refractivity contribution in [2.24, 2.45) is 0 Å². The van der Waals surface area contributed by atoms with E-state index in [-0.39, 0.29) is 5.69 Å². The monoisotopic (exact) mass is 167 g/mol. The van der Waals surface area contributed by atoms with Crippen molar-refractivity contribution >= 4 is 11.7 Å². The number of nitrogens with zero attached hydrogens (tertiary/aromatic N) is 2. The van der Waals surface area contributed by atoms with Crippen LogP contribution in [0.2, 0.25) is 0 Å². The molecule has 2 heterocycles. The number of carbonyl (C=O) groups is 1. The molecule has 1 aliphatic heterocycles. The van der Waals surface area contributed by atoms with Crippen molar-refractivity contribution in [2.45, 2.75) is 19.4 Å². The molecular formula is C7H9N3O2. The van der Waals surface area contributed by atoms with Crippen molar-refractivity contribution in [1.82, 2.24) is 9.78 Å². The lowest BCUT2D eigenvalue weighted by Gasteiger charge is -1.91. The van der Waals surface area contributed by atoms with Gasteiger partial charge in [0.15, 0.2) is 5.69 Å². The van der Waals surface area contributed by atoms with E-state index in [1.807, 2.05) is 0 Å². The molecule has 0 aromatic carbocycles. The highest BCUT2D eigenvalue weighted by atomic mass is 16.4. The highest BCUT2D eigenvalue weighted by Gasteiger charge is 2.22. The van der Waals surface area contributed by atoms with Crippen LogP contribution in [0.15, 0.2) is 0 Å². The number of anilines is 1. The van der Waals surface area contributed by atoms with Gasteiger partial charge in [0.05, 0.1) is 11.4 Å². The minimum absolute atomic E-state index is 0.00954. The summed E-state index contributed by atoms with van der Waals surface area (Å²) in [4.78, 5) is 10.6. The molecule has 0 spiro atoms. The standard InChI is InChI=1S/C7H9N3O2/c8-5-4-2-1-3-10(4)9-6(5)7(11)12/h1-3,8H2,(H,11,12). The predicted molar refractivity (Wildman–Crippen MR) is 41.9 cm³/mol. The van der Waals surface area contributed by atoms with E-state index in [2.05, 4.69) is 5.10 Å². The Morgan fingerprint density at radius 1 is 1.67 bits per heavy atom. The zero-order chi connectivity index (χ0) is 8.72. The number of carboxylic acid groups (broad SMARTS) is 1. The molecule has 1 aromatic rings. The molecule has 0 amide bonds. The van der Waals surface area contributed by atoms with E-state index >= 15 is 0 Å². The molecule has 2 rings (SSSR count). The fourth-order valence-electron chi connectivity index (χ4n) is 1.51. The van der Waals surface area contributed by atoms with Crippen LogP contribution >= 0.6 is 0 Å². The van der Waals surface area contributed by atoms with Crippen molar-refractivity contribution in [3.8, 4) is 0 Å². The van der Waals surface area contributed by atoms with E-state index < -0.39 is 5.97 Å². The van der Waals surface area contributed by atoms with Crippen LogP contribution in [0.5, 0.6) is 0 Å². The lowest BCUT2D eigenvalue weighted by molar-refractivity contribution is 0.0690. The third-order valence-corrected chi connectivity index (χ3v) is 2.08. The zero-order valence-corrected chi connectivity index (χ0v) is 6.45. The number of nitrogens with two attached hydrogens (primary N) is 1. The van der Waals surface area contributed by atoms with Crippen molar-refractivity contribution in [2.75, 3.05) is 5.73 Å². The molecule has 0 aliphatic carbocycles. The lowest BCUT2D eigenvalue weighted by atomic mass is 10.2. The van der Waals surface area contributed by atoms with Crippen molar-refractivity contribution in [3.05, 3.63) is 11.4 Å². The first kappa shape index (κ1) is 7.15. The molecule has 0 bridgehead atoms. The van der Waals surface area contributed by atoms with Crippen LogP contribution in [0.4, 0.5) is 5.69 Å². The Morgan fingerprint density at radius 2 is 2.42 bits per heavy atom. The lowest BCUT2D eigenvalue weighted by Crippen LogP contribution is -2.03. The Morgan fingerprint density at radius 3 is 3.00 bits per heavy atom. The summed E-state index contributed by atoms with van der Waals surface area (Å²) in [5.74, 6) is -1.05. The summed E-state index contributed by atoms with van der Waals surface area (Å²) >= 11 is 0. The summed E-state index contributed by atoms with van der Waals surface area (Å²) in [6.07, 6.45) is 1.85. The molecule has 5 heteroatoms. The number of hydrogen-bond acceptors (Lipinski definition) is 3. The van der Waals surface area contributed by atoms with Crippen LogP contribution in [-0.4, -0.2) is 20.9 Å². The second-order valence-corrected chi connectivity index (χ2v) is 2.84. The molecule has 3 N–H and O–H groups in total. The number of carboxylic acids is 1. The van der Waals surface area contributed by atoms with Gasteiger partial charge in [-0.2, -0.15) is 5.10 Å². The first-order valence-corrected chi connectivity index (χ1v) is 3.78. The average molecular weight is 167 g/mol. The van der Waals surface area contributed by atoms with Gasteiger partial charge in [0.1, 0.15) is 0 Å². The van der Waals surface area contributed by atoms with Crippen LogP contribution in [-0.2, 0) is 13.0 Å². The van der Waals surface area contributed by atoms with Gasteiger partial charge in [0.25, 0.3) is 0 Å². The SMILES string of the molecule is Nc1c(C(=O)O)nn2c1CCC2. The quantitative estimate of drug-likeness (QED) is 0.622. The fourth-order valence-corrected chi connectivity index (χ4v) is 1.51. The van der Waals surface area contributed by atoms with Crippen LogP contribution < -0.4 is 5.73 Å². The normalized spacial score (nSPS) is 14.7. The fraction of sp³-hybridized carbons (Fsp3) is 0.429. The minimum atomic E-state index is -1.05. The number of fused-ring (bicyclic) bond motifs is 1. The maximum Gasteiger partial charge on any atom is 0.358 e. The molecule has 0 unspecified atom stereocenters. The summed E-state index contributed by atoms with van der Waals surface area (Å²) < 4.78 is 1.68. The number of aromatic carboxylic acids is 1. The van der Waals surface area contributed by atoms with Gasteiger partial charge in [0.2, 0.25) is 0 Å². The Balaban J connectivity index is 2.54. The van der Waals surface area contributed by atoms with Crippen molar-refractivity contribution in [1.29, 1.82) is 0 Å². The molecule has 1 aromatic heterocycles. The second kappa shape index (κ2) is 2.23. The minimum Gasteiger partial charge on any atom is -0.476 e. The van der Waals surface area contributed by atoms with Gasteiger partial charge < -0.3 is 10.8 Å². The van der Waals surface area contributed by atoms with Crippen LogP contribution in [0, 0.1) is 0 Å². The van der Waals surface area contributed by atoms with Crippen LogP contribution in [0.25, 0.3) is 0 Å². The van der Waals surface area contributed by atoms with Gasteiger partial charge in [-0.05, 0) is 12.8 Å². The highest BCUT2D eigenvalue weighted by Crippen LogP contribution is 2.23. The van der Waals surface area contributed by atoms with E-state index in [1.54, 1.807) is 4.68 Å². The average Bonchev–Trinajstić information content (AvgIpc) is 2.53. The molecule has 64 valence electrons. The van der Waals surface area contributed by atoms with Gasteiger partial charge in [0, 0.05) is 6.54 Å². The first-order chi connectivity index (χ1) is 5.70. The number of aromatic nitrogens is 2. The summed E-state index contributed by atoms with van der Waals surface area (Å²) in [7, 11) is 0. The molecule has 1 aliphatic rings. The number of aryl methyl sites for hydroxylation is 1. The topological polar surface area (TPSA) is 81.1 Å². The van der Waals surface area contributed by atoms with Crippen molar-refractivity contribution in [3.63, 3.8) is 0 Å². The van der Waals surface area contributed by atoms with E-state index in [1.165, 1.54) is 0 Å². The van der Waals surface area contributed by atoms with E-state index in [4.69, 9.17) is 10.8 Å². The molecule has 0 saturated heterocycles. The molecule has 5 nitrogen and oxygen atoms in total. The summed E-state index contributed by atoms with van der Waals surface area (Å²) in [5, 5.41) is 12.5. The predicted octanol–water partition coefficient (Wildman–Crippen LogP) is 0.110. The Bertz CT molecular complexity index is 343. The van der Waals surface area contributed by atoms with Gasteiger partial charge in [-0.25, -0.2) is 4.79 Å². The summed E-state index contributed by atoms with van der Waals surface area (Å²) in [6, 6.07) is 0. The Labute approximate surface area is 68.8 Å². The van der Waals surface area contributed by atoms with Crippen LogP contribution in [0.1, 0.15) is 22.6 Å². The molecular weight excluding hydrogens is 158 g/mol. The number of hydrogen-bond donors (Lipinski definition) is 2. The summed E-state index contributed by atoms with van der Waals surface area (Å²) in [5.41, 5.74) is 6.78. The van der Waals surface area contributed by atoms with E-state index in [0.717, 1.165) is 25.1 Å². The smallest absolute Gasteiger partial charge is 0.358 e. The zero-order valence-electron chi connectivity index (χ0n) is 6.45. The van der Waals surface area contributed by atoms with E-state index in [9.17, 15) is 4.79 Å². The third kappa shape index (κ3) is 0.792. The van der Waals surface area contributed by atoms with Gasteiger partial charge in [-0.3, -0.25) is 4.68 Å². The maximum atomic E-state index is 10.6. The molecule has 12 heavy (non-hydrogen) atoms. The van der Waals surface area contributed by atoms with Gasteiger partial charge >= 0.3 is 5.97 Å². The van der Waals surface area contributed by atoms with Crippen LogP contribution in [0.3, 0.4) is 0 Å². The number of rotatable bonds is 1. The maximum absolute atomic E-state index is 10.6. The van der Waals surface area contributed by atoms with E-state index in [0.29, 0.717) is 5.69 Å². The Hall–Kier alpha value is -1.52. The molecule has 0 atom stereocenters. The van der Waals surface area contributed by atoms with Crippen molar-refractivity contribution < 1.29 is 9.90 Å². The molecule has 0 saturated carbocycles.